The molecule has 0 bridgehead atoms. The zero-order valence-corrected chi connectivity index (χ0v) is 24.2. The van der Waals surface area contributed by atoms with Crippen molar-refractivity contribution in [2.24, 2.45) is 0 Å². The predicted octanol–water partition coefficient (Wildman–Crippen LogP) is 4.12. The lowest BCUT2D eigenvalue weighted by Crippen LogP contribution is -2.50. The van der Waals surface area contributed by atoms with Gasteiger partial charge in [0.15, 0.2) is 0 Å². The fourth-order valence-electron chi connectivity index (χ4n) is 4.94. The van der Waals surface area contributed by atoms with Gasteiger partial charge < -0.3 is 19.7 Å². The van der Waals surface area contributed by atoms with Gasteiger partial charge in [0, 0.05) is 25.6 Å². The normalized spacial score (nSPS) is 14.8. The van der Waals surface area contributed by atoms with Gasteiger partial charge in [0.1, 0.15) is 17.5 Å². The van der Waals surface area contributed by atoms with Crippen LogP contribution in [0.3, 0.4) is 0 Å². The molecule has 1 atom stereocenters. The van der Waals surface area contributed by atoms with E-state index in [4.69, 9.17) is 9.47 Å². The molecular weight excluding hydrogens is 518 g/mol. The number of ether oxygens (including phenoxy) is 2. The minimum absolute atomic E-state index is 0.0756. The maximum atomic E-state index is 13.6. The van der Waals surface area contributed by atoms with E-state index in [9.17, 15) is 18.0 Å². The molecule has 39 heavy (non-hydrogen) atoms. The minimum atomic E-state index is -3.62. The third-order valence-electron chi connectivity index (χ3n) is 7.11. The summed E-state index contributed by atoms with van der Waals surface area (Å²) in [5.41, 5.74) is 1.26. The Morgan fingerprint density at radius 1 is 1.03 bits per heavy atom. The lowest BCUT2D eigenvalue weighted by Gasteiger charge is -2.31. The number of rotatable bonds is 13. The minimum Gasteiger partial charge on any atom is -0.497 e. The Balaban J connectivity index is 1.75. The van der Waals surface area contributed by atoms with Gasteiger partial charge in [-0.05, 0) is 56.0 Å². The van der Waals surface area contributed by atoms with Crippen LogP contribution in [0.15, 0.2) is 48.5 Å². The molecule has 10 heteroatoms. The van der Waals surface area contributed by atoms with Crippen molar-refractivity contribution in [3.05, 3.63) is 54.1 Å². The fraction of sp³-hybridized carbons (Fsp3) is 0.517. The molecule has 3 rings (SSSR count). The van der Waals surface area contributed by atoms with Crippen molar-refractivity contribution in [1.82, 2.24) is 10.2 Å². The summed E-state index contributed by atoms with van der Waals surface area (Å²) in [5, 5.41) is 3.13. The van der Waals surface area contributed by atoms with Gasteiger partial charge in [-0.25, -0.2) is 8.42 Å². The molecule has 0 radical (unpaired) electrons. The number of hydrogen-bond acceptors (Lipinski definition) is 6. The lowest BCUT2D eigenvalue weighted by atomic mass is 9.95. The number of carbonyl (C=O) groups is 2. The summed E-state index contributed by atoms with van der Waals surface area (Å²) in [4.78, 5) is 28.3. The first-order chi connectivity index (χ1) is 18.6. The van der Waals surface area contributed by atoms with E-state index in [1.54, 1.807) is 43.2 Å². The average Bonchev–Trinajstić information content (AvgIpc) is 2.93. The van der Waals surface area contributed by atoms with E-state index in [0.29, 0.717) is 17.2 Å². The van der Waals surface area contributed by atoms with Crippen molar-refractivity contribution >= 4 is 27.5 Å². The molecule has 0 saturated heterocycles. The number of sulfonamides is 1. The van der Waals surface area contributed by atoms with Gasteiger partial charge in [-0.3, -0.25) is 13.9 Å². The number of methoxy groups -OCH3 is 2. The predicted molar refractivity (Wildman–Crippen MR) is 152 cm³/mol. The quantitative estimate of drug-likeness (QED) is 0.396. The van der Waals surface area contributed by atoms with E-state index in [-0.39, 0.29) is 43.8 Å². The van der Waals surface area contributed by atoms with Gasteiger partial charge in [-0.1, -0.05) is 43.5 Å². The maximum Gasteiger partial charge on any atom is 0.242 e. The largest absolute Gasteiger partial charge is 0.497 e. The summed E-state index contributed by atoms with van der Waals surface area (Å²) in [7, 11) is -0.555. The second-order valence-electron chi connectivity index (χ2n) is 10.0. The molecule has 1 fully saturated rings. The molecule has 2 aromatic rings. The standard InChI is InChI=1S/C29H41N3O6S/c1-22(29(34)30-24-13-6-5-7-14-24)31(21-23-12-10-15-25(20-23)37-2)28(33)18-11-19-32(39(4,35)36)26-16-8-9-17-27(26)38-3/h8-10,12,15-17,20,22,24H,5-7,11,13-14,18-19,21H2,1-4H3,(H,30,34)/t22-/m1/s1. The van der Waals surface area contributed by atoms with Gasteiger partial charge >= 0.3 is 0 Å². The summed E-state index contributed by atoms with van der Waals surface area (Å²) >= 11 is 0. The van der Waals surface area contributed by atoms with Gasteiger partial charge in [0.25, 0.3) is 0 Å². The van der Waals surface area contributed by atoms with Crippen LogP contribution in [-0.4, -0.2) is 64.2 Å². The molecular formula is C29H41N3O6S. The molecule has 9 nitrogen and oxygen atoms in total. The highest BCUT2D eigenvalue weighted by atomic mass is 32.2. The number of benzene rings is 2. The van der Waals surface area contributed by atoms with Crippen LogP contribution in [0.25, 0.3) is 0 Å². The Morgan fingerprint density at radius 3 is 2.41 bits per heavy atom. The van der Waals surface area contributed by atoms with Gasteiger partial charge in [-0.2, -0.15) is 0 Å². The van der Waals surface area contributed by atoms with Crippen molar-refractivity contribution in [2.75, 3.05) is 31.3 Å². The van der Waals surface area contributed by atoms with Gasteiger partial charge in [0.05, 0.1) is 26.2 Å². The summed E-state index contributed by atoms with van der Waals surface area (Å²) < 4.78 is 37.2. The van der Waals surface area contributed by atoms with Crippen LogP contribution < -0.4 is 19.1 Å². The van der Waals surface area contributed by atoms with Crippen LogP contribution in [0.4, 0.5) is 5.69 Å². The van der Waals surface area contributed by atoms with E-state index in [1.165, 1.54) is 17.8 Å². The number of carbonyl (C=O) groups excluding carboxylic acids is 2. The lowest BCUT2D eigenvalue weighted by molar-refractivity contribution is -0.141. The van der Waals surface area contributed by atoms with Crippen LogP contribution in [-0.2, 0) is 26.2 Å². The Kier molecular flexibility index (Phi) is 11.0. The van der Waals surface area contributed by atoms with E-state index < -0.39 is 16.1 Å². The topological polar surface area (TPSA) is 105 Å². The number of nitrogens with zero attached hydrogens (tertiary/aromatic N) is 2. The second kappa shape index (κ2) is 14.2. The summed E-state index contributed by atoms with van der Waals surface area (Å²) in [5.74, 6) is 0.698. The van der Waals surface area contributed by atoms with E-state index in [1.807, 2.05) is 24.3 Å². The molecule has 0 aliphatic heterocycles. The third kappa shape index (κ3) is 8.61. The molecule has 0 spiro atoms. The number of para-hydroxylation sites is 2. The fourth-order valence-corrected chi connectivity index (χ4v) is 5.91. The molecule has 0 unspecified atom stereocenters. The number of nitrogens with one attached hydrogen (secondary N) is 1. The molecule has 1 aliphatic carbocycles. The first-order valence-corrected chi connectivity index (χ1v) is 15.3. The average molecular weight is 560 g/mol. The highest BCUT2D eigenvalue weighted by Gasteiger charge is 2.29. The molecule has 2 aromatic carbocycles. The zero-order chi connectivity index (χ0) is 28.4. The molecule has 214 valence electrons. The smallest absolute Gasteiger partial charge is 0.242 e. The summed E-state index contributed by atoms with van der Waals surface area (Å²) in [6, 6.07) is 13.7. The molecule has 1 saturated carbocycles. The first kappa shape index (κ1) is 30.3. The van der Waals surface area contributed by atoms with Crippen molar-refractivity contribution < 1.29 is 27.5 Å². The number of anilines is 1. The van der Waals surface area contributed by atoms with Crippen LogP contribution in [0, 0.1) is 0 Å². The highest BCUT2D eigenvalue weighted by Crippen LogP contribution is 2.30. The zero-order valence-electron chi connectivity index (χ0n) is 23.4. The first-order valence-electron chi connectivity index (χ1n) is 13.5. The van der Waals surface area contributed by atoms with Gasteiger partial charge in [0.2, 0.25) is 21.8 Å². The Labute approximate surface area is 232 Å². The maximum absolute atomic E-state index is 13.6. The molecule has 0 aromatic heterocycles. The second-order valence-corrected chi connectivity index (χ2v) is 11.9. The van der Waals surface area contributed by atoms with Crippen LogP contribution in [0.2, 0.25) is 0 Å². The Bertz CT molecular complexity index is 1210. The Hall–Kier alpha value is -3.27. The van der Waals surface area contributed by atoms with Crippen molar-refractivity contribution in [3.63, 3.8) is 0 Å². The van der Waals surface area contributed by atoms with Crippen LogP contribution >= 0.6 is 0 Å². The van der Waals surface area contributed by atoms with Gasteiger partial charge in [-0.15, -0.1) is 0 Å². The highest BCUT2D eigenvalue weighted by molar-refractivity contribution is 7.92. The molecule has 2 amide bonds. The number of amides is 2. The molecule has 1 N–H and O–H groups in total. The molecule has 0 heterocycles. The summed E-state index contributed by atoms with van der Waals surface area (Å²) in [6.45, 7) is 2.08. The van der Waals surface area contributed by atoms with Crippen LogP contribution in [0.1, 0.15) is 57.4 Å². The molecule has 1 aliphatic rings. The summed E-state index contributed by atoms with van der Waals surface area (Å²) in [6.07, 6.45) is 6.75. The Morgan fingerprint density at radius 2 is 1.74 bits per heavy atom. The van der Waals surface area contributed by atoms with Crippen LogP contribution in [0.5, 0.6) is 11.5 Å². The monoisotopic (exact) mass is 559 g/mol. The SMILES string of the molecule is COc1cccc(CN(C(=O)CCCN(c2ccccc2OC)S(C)(=O)=O)[C@H](C)C(=O)NC2CCCCC2)c1. The number of hydrogen-bond donors (Lipinski definition) is 1. The van der Waals surface area contributed by atoms with E-state index >= 15 is 0 Å². The van der Waals surface area contributed by atoms with E-state index in [0.717, 1.165) is 37.5 Å². The van der Waals surface area contributed by atoms with Crippen molar-refractivity contribution in [3.8, 4) is 11.5 Å². The van der Waals surface area contributed by atoms with Crippen molar-refractivity contribution in [2.45, 2.75) is 70.5 Å². The van der Waals surface area contributed by atoms with Crippen molar-refractivity contribution in [1.29, 1.82) is 0 Å². The van der Waals surface area contributed by atoms with E-state index in [2.05, 4.69) is 5.32 Å². The third-order valence-corrected chi connectivity index (χ3v) is 8.29.